The summed E-state index contributed by atoms with van der Waals surface area (Å²) in [5.74, 6) is -1.47. The maximum Gasteiger partial charge on any atom is 0.200 e. The number of hydrogen-bond donors (Lipinski definition) is 0. The fourth-order valence-electron chi connectivity index (χ4n) is 3.23. The van der Waals surface area contributed by atoms with Crippen molar-refractivity contribution < 1.29 is 18.3 Å². The summed E-state index contributed by atoms with van der Waals surface area (Å²) in [5, 5.41) is 0. The summed E-state index contributed by atoms with van der Waals surface area (Å²) in [6.07, 6.45) is 4.14. The number of halogens is 2. The predicted octanol–water partition coefficient (Wildman–Crippen LogP) is 3.40. The highest BCUT2D eigenvalue weighted by molar-refractivity contribution is 5.54. The van der Waals surface area contributed by atoms with Gasteiger partial charge in [-0.25, -0.2) is 14.4 Å². The fourth-order valence-corrected chi connectivity index (χ4v) is 3.23. The van der Waals surface area contributed by atoms with Gasteiger partial charge in [0.05, 0.1) is 12.3 Å². The van der Waals surface area contributed by atoms with E-state index in [0.29, 0.717) is 31.0 Å². The zero-order valence-electron chi connectivity index (χ0n) is 15.9. The molecule has 2 aromatic heterocycles. The molecule has 0 radical (unpaired) electrons. The van der Waals surface area contributed by atoms with Crippen LogP contribution in [0.25, 0.3) is 11.5 Å². The molecule has 3 heterocycles. The molecule has 8 heteroatoms. The van der Waals surface area contributed by atoms with Crippen LogP contribution in [-0.4, -0.2) is 41.8 Å². The molecular formula is C21H20F2N4O2. The highest BCUT2D eigenvalue weighted by Gasteiger charge is 2.22. The van der Waals surface area contributed by atoms with Crippen molar-refractivity contribution in [2.75, 3.05) is 31.8 Å². The van der Waals surface area contributed by atoms with E-state index in [0.717, 1.165) is 17.0 Å². The van der Waals surface area contributed by atoms with E-state index in [1.54, 1.807) is 12.4 Å². The van der Waals surface area contributed by atoms with Gasteiger partial charge in [0, 0.05) is 62.4 Å². The van der Waals surface area contributed by atoms with Crippen LogP contribution in [0.1, 0.15) is 11.3 Å². The standard InChI is InChI=1S/C21H20F2N4O2/c1-28-8-9-29-19-11-15(10-16(22)20(19)23)27-7-5-17-14(13-27)12-25-21(26-17)18-4-2-3-6-24-18/h2-4,6,10-12H,5,7-9,13H2,1H3. The van der Waals surface area contributed by atoms with Gasteiger partial charge in [0.1, 0.15) is 12.3 Å². The van der Waals surface area contributed by atoms with Crippen molar-refractivity contribution in [1.29, 1.82) is 0 Å². The molecule has 0 saturated heterocycles. The van der Waals surface area contributed by atoms with Crippen LogP contribution in [0.5, 0.6) is 5.75 Å². The summed E-state index contributed by atoms with van der Waals surface area (Å²) in [7, 11) is 1.52. The summed E-state index contributed by atoms with van der Waals surface area (Å²) < 4.78 is 38.3. The SMILES string of the molecule is COCCOc1cc(N2CCc3nc(-c4ccccn4)ncc3C2)cc(F)c1F. The number of pyridine rings is 1. The van der Waals surface area contributed by atoms with Gasteiger partial charge < -0.3 is 14.4 Å². The molecular weight excluding hydrogens is 378 g/mol. The molecule has 29 heavy (non-hydrogen) atoms. The Morgan fingerprint density at radius 1 is 1.14 bits per heavy atom. The third-order valence-electron chi connectivity index (χ3n) is 4.72. The summed E-state index contributed by atoms with van der Waals surface area (Å²) >= 11 is 0. The van der Waals surface area contributed by atoms with E-state index in [2.05, 4.69) is 15.0 Å². The zero-order chi connectivity index (χ0) is 20.2. The molecule has 3 aromatic rings. The summed E-state index contributed by atoms with van der Waals surface area (Å²) in [5.41, 5.74) is 3.16. The largest absolute Gasteiger partial charge is 0.488 e. The van der Waals surface area contributed by atoms with Crippen LogP contribution < -0.4 is 9.64 Å². The van der Waals surface area contributed by atoms with Crippen molar-refractivity contribution in [3.63, 3.8) is 0 Å². The first-order valence-corrected chi connectivity index (χ1v) is 9.27. The Bertz CT molecular complexity index is 1000. The second kappa shape index (κ2) is 8.48. The molecule has 0 unspecified atom stereocenters. The van der Waals surface area contributed by atoms with Gasteiger partial charge in [0.2, 0.25) is 5.82 Å². The maximum atomic E-state index is 14.1. The Kier molecular flexibility index (Phi) is 5.62. The van der Waals surface area contributed by atoms with E-state index in [9.17, 15) is 8.78 Å². The van der Waals surface area contributed by atoms with Gasteiger partial charge in [-0.05, 0) is 12.1 Å². The van der Waals surface area contributed by atoms with Crippen LogP contribution in [-0.2, 0) is 17.7 Å². The third-order valence-corrected chi connectivity index (χ3v) is 4.72. The van der Waals surface area contributed by atoms with Crippen molar-refractivity contribution in [3.8, 4) is 17.3 Å². The predicted molar refractivity (Wildman–Crippen MR) is 104 cm³/mol. The highest BCUT2D eigenvalue weighted by atomic mass is 19.2. The molecule has 0 fully saturated rings. The Morgan fingerprint density at radius 2 is 2.03 bits per heavy atom. The zero-order valence-corrected chi connectivity index (χ0v) is 15.9. The molecule has 0 aliphatic carbocycles. The average molecular weight is 398 g/mol. The van der Waals surface area contributed by atoms with Gasteiger partial charge in [-0.1, -0.05) is 6.07 Å². The number of nitrogens with zero attached hydrogens (tertiary/aromatic N) is 4. The van der Waals surface area contributed by atoms with Crippen LogP contribution in [0.15, 0.2) is 42.7 Å². The molecule has 1 aromatic carbocycles. The number of benzene rings is 1. The second-order valence-electron chi connectivity index (χ2n) is 6.63. The Balaban J connectivity index is 1.55. The van der Waals surface area contributed by atoms with E-state index in [4.69, 9.17) is 9.47 Å². The molecule has 1 aliphatic heterocycles. The molecule has 0 saturated carbocycles. The average Bonchev–Trinajstić information content (AvgIpc) is 2.76. The Labute approximate surface area is 167 Å². The lowest BCUT2D eigenvalue weighted by Gasteiger charge is -2.30. The lowest BCUT2D eigenvalue weighted by Crippen LogP contribution is -2.31. The van der Waals surface area contributed by atoms with Crippen LogP contribution in [0.2, 0.25) is 0 Å². The monoisotopic (exact) mass is 398 g/mol. The van der Waals surface area contributed by atoms with Gasteiger partial charge in [-0.3, -0.25) is 4.98 Å². The first-order chi connectivity index (χ1) is 14.2. The number of hydrogen-bond acceptors (Lipinski definition) is 6. The van der Waals surface area contributed by atoms with E-state index in [1.807, 2.05) is 23.1 Å². The number of aromatic nitrogens is 3. The van der Waals surface area contributed by atoms with Gasteiger partial charge >= 0.3 is 0 Å². The lowest BCUT2D eigenvalue weighted by atomic mass is 10.1. The Hall–Kier alpha value is -3.13. The van der Waals surface area contributed by atoms with Crippen LogP contribution in [0.4, 0.5) is 14.5 Å². The number of methoxy groups -OCH3 is 1. The van der Waals surface area contributed by atoms with E-state index >= 15 is 0 Å². The fraction of sp³-hybridized carbons (Fsp3) is 0.286. The molecule has 4 rings (SSSR count). The third kappa shape index (κ3) is 4.17. The van der Waals surface area contributed by atoms with E-state index in [1.165, 1.54) is 19.2 Å². The van der Waals surface area contributed by atoms with Crippen LogP contribution in [0.3, 0.4) is 0 Å². The minimum atomic E-state index is -0.995. The smallest absolute Gasteiger partial charge is 0.200 e. The van der Waals surface area contributed by atoms with Gasteiger partial charge in [-0.15, -0.1) is 0 Å². The summed E-state index contributed by atoms with van der Waals surface area (Å²) in [4.78, 5) is 15.3. The minimum Gasteiger partial charge on any atom is -0.488 e. The van der Waals surface area contributed by atoms with E-state index in [-0.39, 0.29) is 19.0 Å². The number of anilines is 1. The molecule has 1 aliphatic rings. The van der Waals surface area contributed by atoms with Gasteiger partial charge in [0.15, 0.2) is 17.4 Å². The molecule has 0 N–H and O–H groups in total. The van der Waals surface area contributed by atoms with Crippen molar-refractivity contribution >= 4 is 5.69 Å². The Morgan fingerprint density at radius 3 is 2.83 bits per heavy atom. The molecule has 150 valence electrons. The minimum absolute atomic E-state index is 0.121. The first kappa shape index (κ1) is 19.2. The van der Waals surface area contributed by atoms with Crippen molar-refractivity contribution in [2.24, 2.45) is 0 Å². The quantitative estimate of drug-likeness (QED) is 0.593. The number of fused-ring (bicyclic) bond motifs is 1. The highest BCUT2D eigenvalue weighted by Crippen LogP contribution is 2.31. The summed E-state index contributed by atoms with van der Waals surface area (Å²) in [6, 6.07) is 8.30. The molecule has 0 amide bonds. The maximum absolute atomic E-state index is 14.1. The van der Waals surface area contributed by atoms with Crippen LogP contribution in [0, 0.1) is 11.6 Å². The topological polar surface area (TPSA) is 60.4 Å². The van der Waals surface area contributed by atoms with E-state index < -0.39 is 11.6 Å². The van der Waals surface area contributed by atoms with Crippen LogP contribution >= 0.6 is 0 Å². The molecule has 0 spiro atoms. The second-order valence-corrected chi connectivity index (χ2v) is 6.63. The first-order valence-electron chi connectivity index (χ1n) is 9.27. The molecule has 6 nitrogen and oxygen atoms in total. The normalized spacial score (nSPS) is 13.3. The molecule has 0 bridgehead atoms. The van der Waals surface area contributed by atoms with Crippen molar-refractivity contribution in [1.82, 2.24) is 15.0 Å². The summed E-state index contributed by atoms with van der Waals surface area (Å²) in [6.45, 7) is 1.55. The van der Waals surface area contributed by atoms with Crippen molar-refractivity contribution in [3.05, 3.63) is 65.6 Å². The number of rotatable bonds is 6. The van der Waals surface area contributed by atoms with Crippen molar-refractivity contribution in [2.45, 2.75) is 13.0 Å². The lowest BCUT2D eigenvalue weighted by molar-refractivity contribution is 0.143. The molecule has 0 atom stereocenters. The number of ether oxygens (including phenoxy) is 2. The van der Waals surface area contributed by atoms with Gasteiger partial charge in [0.25, 0.3) is 0 Å². The van der Waals surface area contributed by atoms with Gasteiger partial charge in [-0.2, -0.15) is 4.39 Å².